The summed E-state index contributed by atoms with van der Waals surface area (Å²) in [5, 5.41) is 0. The molecule has 0 saturated carbocycles. The number of piperidine rings is 1. The average molecular weight is 320 g/mol. The number of nitrogens with zero attached hydrogens (tertiary/aromatic N) is 2. The van der Waals surface area contributed by atoms with Crippen LogP contribution in [-0.2, 0) is 14.3 Å². The summed E-state index contributed by atoms with van der Waals surface area (Å²) in [5.41, 5.74) is 0. The molecule has 2 rings (SSSR count). The number of carbonyl (C=O) groups is 2. The number of likely N-dealkylation sites (tertiary alicyclic amines) is 2. The van der Waals surface area contributed by atoms with Crippen LogP contribution in [0.15, 0.2) is 0 Å². The quantitative estimate of drug-likeness (QED) is 0.735. The summed E-state index contributed by atoms with van der Waals surface area (Å²) in [6.45, 7) is 0.669. The van der Waals surface area contributed by atoms with E-state index in [-0.39, 0.29) is 30.9 Å². The van der Waals surface area contributed by atoms with E-state index in [1.54, 1.807) is 4.90 Å². The SMILES string of the molecule is COC(=O)[C@H]1CCN(C(=O)OC)[C@H](CN2CCC(F)(F)C2)C1. The van der Waals surface area contributed by atoms with Crippen molar-refractivity contribution < 1.29 is 27.8 Å². The summed E-state index contributed by atoms with van der Waals surface area (Å²) in [5.74, 6) is -3.30. The van der Waals surface area contributed by atoms with Crippen LogP contribution in [0, 0.1) is 5.92 Å². The Morgan fingerprint density at radius 1 is 1.23 bits per heavy atom. The van der Waals surface area contributed by atoms with Crippen LogP contribution >= 0.6 is 0 Å². The van der Waals surface area contributed by atoms with Crippen LogP contribution in [0.1, 0.15) is 19.3 Å². The third-order valence-electron chi connectivity index (χ3n) is 4.38. The largest absolute Gasteiger partial charge is 0.469 e. The molecule has 2 atom stereocenters. The van der Waals surface area contributed by atoms with Gasteiger partial charge in [0.1, 0.15) is 0 Å². The number of hydrogen-bond acceptors (Lipinski definition) is 5. The normalized spacial score (nSPS) is 28.5. The van der Waals surface area contributed by atoms with Gasteiger partial charge in [-0.2, -0.15) is 0 Å². The van der Waals surface area contributed by atoms with Crippen molar-refractivity contribution in [1.29, 1.82) is 0 Å². The summed E-state index contributed by atoms with van der Waals surface area (Å²) in [7, 11) is 2.61. The number of halogens is 2. The lowest BCUT2D eigenvalue weighted by Crippen LogP contribution is -2.52. The third kappa shape index (κ3) is 3.85. The minimum Gasteiger partial charge on any atom is -0.469 e. The van der Waals surface area contributed by atoms with Gasteiger partial charge in [0.2, 0.25) is 0 Å². The fourth-order valence-electron chi connectivity index (χ4n) is 3.22. The number of carbonyl (C=O) groups excluding carboxylic acids is 2. The Labute approximate surface area is 128 Å². The number of alkyl halides is 2. The number of esters is 1. The van der Waals surface area contributed by atoms with Crippen LogP contribution in [0.2, 0.25) is 0 Å². The monoisotopic (exact) mass is 320 g/mol. The maximum Gasteiger partial charge on any atom is 0.409 e. The molecule has 2 saturated heterocycles. The van der Waals surface area contributed by atoms with E-state index in [2.05, 4.69) is 0 Å². The van der Waals surface area contributed by atoms with Gasteiger partial charge in [-0.15, -0.1) is 0 Å². The molecule has 0 spiro atoms. The van der Waals surface area contributed by atoms with Crippen LogP contribution in [0.3, 0.4) is 0 Å². The second kappa shape index (κ2) is 6.76. The number of ether oxygens (including phenoxy) is 2. The average Bonchev–Trinajstić information content (AvgIpc) is 2.84. The Balaban J connectivity index is 2.03. The number of rotatable bonds is 3. The van der Waals surface area contributed by atoms with Gasteiger partial charge < -0.3 is 14.4 Å². The van der Waals surface area contributed by atoms with Gasteiger partial charge in [0.25, 0.3) is 5.92 Å². The molecule has 0 aliphatic carbocycles. The lowest BCUT2D eigenvalue weighted by atomic mass is 9.90. The van der Waals surface area contributed by atoms with E-state index in [9.17, 15) is 18.4 Å². The van der Waals surface area contributed by atoms with Gasteiger partial charge >= 0.3 is 12.1 Å². The van der Waals surface area contributed by atoms with E-state index in [1.807, 2.05) is 0 Å². The molecule has 0 N–H and O–H groups in total. The molecule has 2 aliphatic rings. The molecule has 1 amide bonds. The van der Waals surface area contributed by atoms with Crippen molar-refractivity contribution in [3.63, 3.8) is 0 Å². The van der Waals surface area contributed by atoms with Gasteiger partial charge in [-0.1, -0.05) is 0 Å². The van der Waals surface area contributed by atoms with Crippen molar-refractivity contribution in [1.82, 2.24) is 9.80 Å². The molecule has 0 aromatic rings. The fraction of sp³-hybridized carbons (Fsp3) is 0.857. The predicted molar refractivity (Wildman–Crippen MR) is 73.6 cm³/mol. The smallest absolute Gasteiger partial charge is 0.409 e. The highest BCUT2D eigenvalue weighted by atomic mass is 19.3. The van der Waals surface area contributed by atoms with Gasteiger partial charge in [-0.05, 0) is 12.8 Å². The molecule has 0 unspecified atom stereocenters. The summed E-state index contributed by atoms with van der Waals surface area (Å²) in [6.07, 6.45) is 0.246. The minimum absolute atomic E-state index is 0.168. The van der Waals surface area contributed by atoms with E-state index in [4.69, 9.17) is 9.47 Å². The molecule has 2 heterocycles. The van der Waals surface area contributed by atoms with E-state index in [0.29, 0.717) is 32.5 Å². The molecule has 2 aliphatic heterocycles. The van der Waals surface area contributed by atoms with Crippen molar-refractivity contribution >= 4 is 12.1 Å². The second-order valence-electron chi connectivity index (χ2n) is 5.90. The van der Waals surface area contributed by atoms with Crippen molar-refractivity contribution in [2.75, 3.05) is 40.4 Å². The van der Waals surface area contributed by atoms with Crippen LogP contribution in [-0.4, -0.2) is 74.2 Å². The molecule has 0 bridgehead atoms. The van der Waals surface area contributed by atoms with Gasteiger partial charge in [-0.25, -0.2) is 13.6 Å². The summed E-state index contributed by atoms with van der Waals surface area (Å²) >= 11 is 0. The van der Waals surface area contributed by atoms with Gasteiger partial charge in [0.05, 0.1) is 26.7 Å². The first kappa shape index (κ1) is 16.9. The van der Waals surface area contributed by atoms with E-state index < -0.39 is 12.0 Å². The summed E-state index contributed by atoms with van der Waals surface area (Å²) in [4.78, 5) is 26.7. The van der Waals surface area contributed by atoms with E-state index in [0.717, 1.165) is 0 Å². The first-order chi connectivity index (χ1) is 10.4. The molecular weight excluding hydrogens is 298 g/mol. The van der Waals surface area contributed by atoms with Crippen LogP contribution in [0.5, 0.6) is 0 Å². The van der Waals surface area contributed by atoms with Crippen LogP contribution in [0.25, 0.3) is 0 Å². The molecule has 0 radical (unpaired) electrons. The third-order valence-corrected chi connectivity index (χ3v) is 4.38. The minimum atomic E-state index is -2.67. The molecule has 126 valence electrons. The first-order valence-electron chi connectivity index (χ1n) is 7.39. The lowest BCUT2D eigenvalue weighted by molar-refractivity contribution is -0.147. The van der Waals surface area contributed by atoms with E-state index >= 15 is 0 Å². The standard InChI is InChI=1S/C14H22F2N2O4/c1-21-12(19)10-3-5-18(13(20)22-2)11(7-10)8-17-6-4-14(15,16)9-17/h10-11H,3-9H2,1-2H3/t10-,11-/m0/s1. The number of methoxy groups -OCH3 is 2. The first-order valence-corrected chi connectivity index (χ1v) is 7.39. The highest BCUT2D eigenvalue weighted by Crippen LogP contribution is 2.30. The molecule has 0 aromatic carbocycles. The zero-order valence-electron chi connectivity index (χ0n) is 12.9. The van der Waals surface area contributed by atoms with Crippen molar-refractivity contribution in [3.05, 3.63) is 0 Å². The molecule has 0 aromatic heterocycles. The Hall–Kier alpha value is -1.44. The topological polar surface area (TPSA) is 59.1 Å². The van der Waals surface area contributed by atoms with E-state index in [1.165, 1.54) is 19.1 Å². The Morgan fingerprint density at radius 3 is 2.50 bits per heavy atom. The number of amides is 1. The zero-order valence-corrected chi connectivity index (χ0v) is 12.9. The van der Waals surface area contributed by atoms with Crippen molar-refractivity contribution in [3.8, 4) is 0 Å². The van der Waals surface area contributed by atoms with Crippen molar-refractivity contribution in [2.24, 2.45) is 5.92 Å². The summed E-state index contributed by atoms with van der Waals surface area (Å²) in [6, 6.07) is -0.320. The van der Waals surface area contributed by atoms with Gasteiger partial charge in [0.15, 0.2) is 0 Å². The maximum atomic E-state index is 13.3. The predicted octanol–water partition coefficient (Wildman–Crippen LogP) is 1.35. The lowest BCUT2D eigenvalue weighted by Gasteiger charge is -2.39. The highest BCUT2D eigenvalue weighted by Gasteiger charge is 2.42. The van der Waals surface area contributed by atoms with Gasteiger partial charge in [-0.3, -0.25) is 9.69 Å². The Kier molecular flexibility index (Phi) is 5.20. The zero-order chi connectivity index (χ0) is 16.3. The van der Waals surface area contributed by atoms with Crippen LogP contribution < -0.4 is 0 Å². The molecule has 6 nitrogen and oxygen atoms in total. The Bertz CT molecular complexity index is 433. The molecule has 2 fully saturated rings. The maximum absolute atomic E-state index is 13.3. The molecular formula is C14H22F2N2O4. The second-order valence-corrected chi connectivity index (χ2v) is 5.90. The highest BCUT2D eigenvalue weighted by molar-refractivity contribution is 5.73. The fourth-order valence-corrected chi connectivity index (χ4v) is 3.22. The molecule has 8 heteroatoms. The van der Waals surface area contributed by atoms with Gasteiger partial charge in [0, 0.05) is 32.1 Å². The Morgan fingerprint density at radius 2 is 1.95 bits per heavy atom. The summed E-state index contributed by atoms with van der Waals surface area (Å²) < 4.78 is 36.1. The molecule has 22 heavy (non-hydrogen) atoms. The van der Waals surface area contributed by atoms with Crippen LogP contribution in [0.4, 0.5) is 13.6 Å². The number of hydrogen-bond donors (Lipinski definition) is 0. The van der Waals surface area contributed by atoms with Crippen molar-refractivity contribution in [2.45, 2.75) is 31.2 Å².